The summed E-state index contributed by atoms with van der Waals surface area (Å²) in [5.41, 5.74) is 1.00. The van der Waals surface area contributed by atoms with Gasteiger partial charge in [0.2, 0.25) is 0 Å². The molecule has 0 unspecified atom stereocenters. The lowest BCUT2D eigenvalue weighted by Gasteiger charge is -2.38. The normalized spacial score (nSPS) is 25.1. The van der Waals surface area contributed by atoms with Crippen LogP contribution in [-0.2, 0) is 19.7 Å². The Balaban J connectivity index is 1.41. The summed E-state index contributed by atoms with van der Waals surface area (Å²) in [6.45, 7) is 1.17. The number of rotatable bonds is 12. The Labute approximate surface area is 212 Å². The number of carbonyl (C=O) groups excluding carboxylic acids is 1. The van der Waals surface area contributed by atoms with E-state index in [1.54, 1.807) is 30.3 Å². The van der Waals surface area contributed by atoms with Gasteiger partial charge in [0.1, 0.15) is 17.3 Å². The molecule has 1 aliphatic carbocycles. The molecule has 36 heavy (non-hydrogen) atoms. The van der Waals surface area contributed by atoms with E-state index in [0.29, 0.717) is 31.3 Å². The van der Waals surface area contributed by atoms with Crippen molar-refractivity contribution >= 4 is 5.97 Å². The zero-order chi connectivity index (χ0) is 25.4. The maximum absolute atomic E-state index is 13.7. The average Bonchev–Trinajstić information content (AvgIpc) is 3.44. The summed E-state index contributed by atoms with van der Waals surface area (Å²) in [6.07, 6.45) is 13.5. The highest BCUT2D eigenvalue weighted by atomic mass is 19.1. The smallest absolute Gasteiger partial charge is 0.305 e. The maximum atomic E-state index is 13.7. The van der Waals surface area contributed by atoms with Gasteiger partial charge < -0.3 is 19.3 Å². The van der Waals surface area contributed by atoms with Crippen LogP contribution in [0.3, 0.4) is 0 Å². The molecule has 1 N–H and O–H groups in total. The van der Waals surface area contributed by atoms with Crippen LogP contribution in [-0.4, -0.2) is 37.5 Å². The standard InChI is InChI=1S/C30H35FO5/c1-34-29(33)13-5-3-2-4-12-27-26(11-6-7-18-35-25-10-8-9-24(32)19-25)28-20-30(27,21-36-28)22-14-16-23(31)17-15-22/h2,4,6,8-11,14-17,19,26-28,32H,3,5,7,12-13,18,20-21H2,1H3/t26-,27-,28-,30-/m1/s1. The summed E-state index contributed by atoms with van der Waals surface area (Å²) in [6, 6.07) is 13.7. The van der Waals surface area contributed by atoms with Crippen molar-refractivity contribution in [1.82, 2.24) is 0 Å². The quantitative estimate of drug-likeness (QED) is 0.219. The van der Waals surface area contributed by atoms with Crippen LogP contribution in [0.5, 0.6) is 11.5 Å². The van der Waals surface area contributed by atoms with Gasteiger partial charge in [-0.15, -0.1) is 0 Å². The summed E-state index contributed by atoms with van der Waals surface area (Å²) in [4.78, 5) is 11.3. The Morgan fingerprint density at radius 1 is 1.17 bits per heavy atom. The maximum Gasteiger partial charge on any atom is 0.305 e. The van der Waals surface area contributed by atoms with Crippen LogP contribution in [0.25, 0.3) is 0 Å². The zero-order valence-corrected chi connectivity index (χ0v) is 20.8. The summed E-state index contributed by atoms with van der Waals surface area (Å²) < 4.78 is 30.3. The van der Waals surface area contributed by atoms with Crippen LogP contribution in [0.4, 0.5) is 4.39 Å². The molecule has 0 aromatic heterocycles. The van der Waals surface area contributed by atoms with Crippen LogP contribution in [0.2, 0.25) is 0 Å². The van der Waals surface area contributed by atoms with Crippen LogP contribution < -0.4 is 4.74 Å². The lowest BCUT2D eigenvalue weighted by atomic mass is 9.69. The molecule has 2 aromatic carbocycles. The second-order valence-electron chi connectivity index (χ2n) is 9.64. The number of esters is 1. The number of halogens is 1. The van der Waals surface area contributed by atoms with Gasteiger partial charge in [-0.3, -0.25) is 4.79 Å². The summed E-state index contributed by atoms with van der Waals surface area (Å²) >= 11 is 0. The van der Waals surface area contributed by atoms with Crippen molar-refractivity contribution in [1.29, 1.82) is 0 Å². The molecule has 1 aliphatic heterocycles. The first kappa shape index (κ1) is 26.0. The number of allylic oxidation sites excluding steroid dienone is 2. The third kappa shape index (κ3) is 6.16. The molecule has 2 bridgehead atoms. The lowest BCUT2D eigenvalue weighted by molar-refractivity contribution is -0.140. The van der Waals surface area contributed by atoms with Gasteiger partial charge >= 0.3 is 5.97 Å². The van der Waals surface area contributed by atoms with Crippen molar-refractivity contribution in [3.05, 3.63) is 84.2 Å². The molecule has 0 spiro atoms. The Bertz CT molecular complexity index is 1060. The van der Waals surface area contributed by atoms with E-state index in [2.05, 4.69) is 24.3 Å². The van der Waals surface area contributed by atoms with E-state index < -0.39 is 0 Å². The van der Waals surface area contributed by atoms with Crippen molar-refractivity contribution in [3.63, 3.8) is 0 Å². The number of carbonyl (C=O) groups is 1. The minimum absolute atomic E-state index is 0.135. The predicted molar refractivity (Wildman–Crippen MR) is 136 cm³/mol. The highest BCUT2D eigenvalue weighted by molar-refractivity contribution is 5.69. The number of methoxy groups -OCH3 is 1. The Morgan fingerprint density at radius 2 is 2.00 bits per heavy atom. The number of unbranched alkanes of at least 4 members (excludes halogenated alkanes) is 1. The number of aromatic hydroxyl groups is 1. The topological polar surface area (TPSA) is 65.0 Å². The van der Waals surface area contributed by atoms with Gasteiger partial charge in [0.25, 0.3) is 0 Å². The summed E-state index contributed by atoms with van der Waals surface area (Å²) in [5, 5.41) is 9.58. The molecule has 192 valence electrons. The SMILES string of the molecule is COC(=O)CCCC=CC[C@@H]1[C@@H](C=CCCOc2cccc(O)c2)[C@H]2C[C@]1(c1ccc(F)cc1)CO2. The number of benzene rings is 2. The fourth-order valence-electron chi connectivity index (χ4n) is 5.60. The van der Waals surface area contributed by atoms with Gasteiger partial charge in [0.15, 0.2) is 0 Å². The van der Waals surface area contributed by atoms with Gasteiger partial charge in [-0.1, -0.05) is 42.5 Å². The average molecular weight is 495 g/mol. The Hall–Kier alpha value is -3.12. The van der Waals surface area contributed by atoms with Crippen LogP contribution in [0.15, 0.2) is 72.8 Å². The fourth-order valence-corrected chi connectivity index (χ4v) is 5.60. The number of hydrogen-bond donors (Lipinski definition) is 1. The number of phenolic OH excluding ortho intramolecular Hbond substituents is 1. The molecule has 4 rings (SSSR count). The van der Waals surface area contributed by atoms with E-state index >= 15 is 0 Å². The number of phenols is 1. The molecule has 0 amide bonds. The van der Waals surface area contributed by atoms with Crippen LogP contribution in [0, 0.1) is 17.7 Å². The van der Waals surface area contributed by atoms with Crippen molar-refractivity contribution in [3.8, 4) is 11.5 Å². The summed E-state index contributed by atoms with van der Waals surface area (Å²) in [7, 11) is 1.41. The minimum atomic E-state index is -0.228. The zero-order valence-electron chi connectivity index (χ0n) is 20.8. The van der Waals surface area contributed by atoms with Crippen molar-refractivity contribution in [2.75, 3.05) is 20.3 Å². The monoisotopic (exact) mass is 494 g/mol. The largest absolute Gasteiger partial charge is 0.508 e. The fraction of sp³-hybridized carbons (Fsp3) is 0.433. The number of ether oxygens (including phenoxy) is 3. The van der Waals surface area contributed by atoms with Crippen LogP contribution >= 0.6 is 0 Å². The number of hydrogen-bond acceptors (Lipinski definition) is 5. The minimum Gasteiger partial charge on any atom is -0.508 e. The predicted octanol–water partition coefficient (Wildman–Crippen LogP) is 6.12. The van der Waals surface area contributed by atoms with E-state index in [9.17, 15) is 14.3 Å². The van der Waals surface area contributed by atoms with Gasteiger partial charge in [0.05, 0.1) is 26.4 Å². The highest BCUT2D eigenvalue weighted by Crippen LogP contribution is 2.57. The van der Waals surface area contributed by atoms with Crippen molar-refractivity contribution < 1.29 is 28.5 Å². The van der Waals surface area contributed by atoms with Crippen molar-refractivity contribution in [2.24, 2.45) is 11.8 Å². The van der Waals surface area contributed by atoms with E-state index in [-0.39, 0.29) is 35.0 Å². The molecule has 2 fully saturated rings. The first-order chi connectivity index (χ1) is 17.5. The molecular weight excluding hydrogens is 459 g/mol. The first-order valence-electron chi connectivity index (χ1n) is 12.7. The molecule has 2 aromatic rings. The van der Waals surface area contributed by atoms with Gasteiger partial charge in [-0.2, -0.15) is 0 Å². The molecule has 2 aliphatic rings. The van der Waals surface area contributed by atoms with E-state index in [1.165, 1.54) is 7.11 Å². The van der Waals surface area contributed by atoms with E-state index in [4.69, 9.17) is 14.2 Å². The number of fused-ring (bicyclic) bond motifs is 2. The summed E-state index contributed by atoms with van der Waals surface area (Å²) in [5.74, 6) is 1.02. The first-order valence-corrected chi connectivity index (χ1v) is 12.7. The molecule has 1 heterocycles. The molecule has 5 nitrogen and oxygen atoms in total. The third-order valence-corrected chi connectivity index (χ3v) is 7.41. The molecule has 4 atom stereocenters. The van der Waals surface area contributed by atoms with Gasteiger partial charge in [-0.05, 0) is 67.9 Å². The van der Waals surface area contributed by atoms with Gasteiger partial charge in [0, 0.05) is 23.8 Å². The molecule has 1 saturated carbocycles. The van der Waals surface area contributed by atoms with E-state index in [0.717, 1.165) is 37.7 Å². The van der Waals surface area contributed by atoms with E-state index in [1.807, 2.05) is 18.2 Å². The molecular formula is C30H35FO5. The lowest BCUT2D eigenvalue weighted by Crippen LogP contribution is -2.39. The highest BCUT2D eigenvalue weighted by Gasteiger charge is 2.58. The molecule has 6 heteroatoms. The Kier molecular flexibility index (Phi) is 8.81. The van der Waals surface area contributed by atoms with Crippen LogP contribution in [0.1, 0.15) is 44.1 Å². The molecule has 0 radical (unpaired) electrons. The Morgan fingerprint density at radius 3 is 2.78 bits per heavy atom. The second-order valence-corrected chi connectivity index (χ2v) is 9.64. The second kappa shape index (κ2) is 12.2. The molecule has 1 saturated heterocycles. The van der Waals surface area contributed by atoms with Crippen molar-refractivity contribution in [2.45, 2.75) is 50.0 Å². The third-order valence-electron chi connectivity index (χ3n) is 7.41. The van der Waals surface area contributed by atoms with Gasteiger partial charge in [-0.25, -0.2) is 4.39 Å².